The molecule has 140 valence electrons. The molecule has 1 aliphatic rings. The van der Waals surface area contributed by atoms with Crippen molar-refractivity contribution in [3.05, 3.63) is 65.8 Å². The molecule has 1 atom stereocenters. The van der Waals surface area contributed by atoms with E-state index >= 15 is 0 Å². The van der Waals surface area contributed by atoms with Crippen molar-refractivity contribution in [1.82, 2.24) is 19.8 Å². The molecular formula is C20H22N4O3. The lowest BCUT2D eigenvalue weighted by atomic mass is 9.98. The standard InChI is InChI=1S/C20H22N4O3/c1-23(2)12-5-13-24-17(15-6-3-4-9-22-15)16(19(26)20(24)27)18(25)14-7-10-21-11-8-14/h3-4,6-11,17,25H,5,12-13H2,1-2H3/b18-16-. The Kier molecular flexibility index (Phi) is 5.61. The van der Waals surface area contributed by atoms with Crippen LogP contribution in [0, 0.1) is 0 Å². The highest BCUT2D eigenvalue weighted by atomic mass is 16.3. The van der Waals surface area contributed by atoms with Gasteiger partial charge in [-0.25, -0.2) is 0 Å². The number of ketones is 1. The molecule has 0 aromatic carbocycles. The van der Waals surface area contributed by atoms with Crippen molar-refractivity contribution in [2.75, 3.05) is 27.2 Å². The van der Waals surface area contributed by atoms with Gasteiger partial charge in [0.2, 0.25) is 0 Å². The zero-order valence-corrected chi connectivity index (χ0v) is 15.4. The van der Waals surface area contributed by atoms with E-state index in [4.69, 9.17) is 0 Å². The van der Waals surface area contributed by atoms with Gasteiger partial charge in [-0.15, -0.1) is 0 Å². The van der Waals surface area contributed by atoms with Gasteiger partial charge in [-0.05, 0) is 51.3 Å². The van der Waals surface area contributed by atoms with Crippen molar-refractivity contribution in [1.29, 1.82) is 0 Å². The number of rotatable bonds is 6. The molecule has 0 spiro atoms. The van der Waals surface area contributed by atoms with Crippen molar-refractivity contribution >= 4 is 17.4 Å². The highest BCUT2D eigenvalue weighted by Crippen LogP contribution is 2.38. The van der Waals surface area contributed by atoms with E-state index in [1.54, 1.807) is 36.5 Å². The Balaban J connectivity index is 2.05. The number of carbonyl (C=O) groups excluding carboxylic acids is 2. The largest absolute Gasteiger partial charge is 0.507 e. The summed E-state index contributed by atoms with van der Waals surface area (Å²) < 4.78 is 0. The topological polar surface area (TPSA) is 86.6 Å². The van der Waals surface area contributed by atoms with E-state index in [1.807, 2.05) is 19.0 Å². The Morgan fingerprint density at radius 1 is 1.15 bits per heavy atom. The number of carbonyl (C=O) groups is 2. The molecule has 1 N–H and O–H groups in total. The first kappa shape index (κ1) is 18.7. The van der Waals surface area contributed by atoms with Crippen LogP contribution in [-0.4, -0.2) is 63.7 Å². The third-order valence-electron chi connectivity index (χ3n) is 4.47. The Labute approximate surface area is 158 Å². The van der Waals surface area contributed by atoms with Crippen molar-refractivity contribution in [3.8, 4) is 0 Å². The summed E-state index contributed by atoms with van der Waals surface area (Å²) in [4.78, 5) is 37.2. The van der Waals surface area contributed by atoms with Gasteiger partial charge in [-0.1, -0.05) is 6.07 Å². The molecule has 0 bridgehead atoms. The summed E-state index contributed by atoms with van der Waals surface area (Å²) in [6, 6.07) is 7.82. The number of aliphatic hydroxyl groups excluding tert-OH is 1. The summed E-state index contributed by atoms with van der Waals surface area (Å²) in [7, 11) is 3.90. The molecular weight excluding hydrogens is 344 g/mol. The SMILES string of the molecule is CN(C)CCCN1C(=O)C(=O)/C(=C(\O)c2ccncc2)C1c1ccccn1. The minimum atomic E-state index is -0.707. The first-order chi connectivity index (χ1) is 13.0. The second-order valence-corrected chi connectivity index (χ2v) is 6.64. The van der Waals surface area contributed by atoms with Crippen LogP contribution in [0.25, 0.3) is 5.76 Å². The van der Waals surface area contributed by atoms with Crippen LogP contribution in [0.5, 0.6) is 0 Å². The van der Waals surface area contributed by atoms with Crippen LogP contribution >= 0.6 is 0 Å². The molecule has 27 heavy (non-hydrogen) atoms. The van der Waals surface area contributed by atoms with Gasteiger partial charge < -0.3 is 14.9 Å². The maximum absolute atomic E-state index is 12.7. The van der Waals surface area contributed by atoms with E-state index in [-0.39, 0.29) is 11.3 Å². The van der Waals surface area contributed by atoms with Crippen molar-refractivity contribution in [2.24, 2.45) is 0 Å². The molecule has 7 heteroatoms. The molecule has 2 aromatic heterocycles. The van der Waals surface area contributed by atoms with Gasteiger partial charge in [-0.2, -0.15) is 0 Å². The summed E-state index contributed by atoms with van der Waals surface area (Å²) >= 11 is 0. The molecule has 0 aliphatic carbocycles. The normalized spacial score (nSPS) is 19.1. The van der Waals surface area contributed by atoms with Crippen molar-refractivity contribution in [3.63, 3.8) is 0 Å². The van der Waals surface area contributed by atoms with Gasteiger partial charge in [0, 0.05) is 30.7 Å². The molecule has 1 amide bonds. The maximum Gasteiger partial charge on any atom is 0.295 e. The van der Waals surface area contributed by atoms with Crippen LogP contribution in [0.1, 0.15) is 23.7 Å². The number of aromatic nitrogens is 2. The fourth-order valence-electron chi connectivity index (χ4n) is 3.18. The van der Waals surface area contributed by atoms with Crippen LogP contribution < -0.4 is 0 Å². The van der Waals surface area contributed by atoms with Crippen LogP contribution in [-0.2, 0) is 9.59 Å². The van der Waals surface area contributed by atoms with Gasteiger partial charge in [0.1, 0.15) is 11.8 Å². The van der Waals surface area contributed by atoms with E-state index < -0.39 is 17.7 Å². The fourth-order valence-corrected chi connectivity index (χ4v) is 3.18. The number of Topliss-reactive ketones (excluding diaryl/α,β-unsaturated/α-hetero) is 1. The van der Waals surface area contributed by atoms with Crippen molar-refractivity contribution in [2.45, 2.75) is 12.5 Å². The van der Waals surface area contributed by atoms with Crippen LogP contribution in [0.15, 0.2) is 54.5 Å². The van der Waals surface area contributed by atoms with Gasteiger partial charge in [0.15, 0.2) is 0 Å². The van der Waals surface area contributed by atoms with Gasteiger partial charge in [0.25, 0.3) is 11.7 Å². The predicted molar refractivity (Wildman–Crippen MR) is 101 cm³/mol. The number of hydrogen-bond acceptors (Lipinski definition) is 6. The Bertz CT molecular complexity index is 850. The van der Waals surface area contributed by atoms with Crippen LogP contribution in [0.4, 0.5) is 0 Å². The fraction of sp³-hybridized carbons (Fsp3) is 0.300. The third-order valence-corrected chi connectivity index (χ3v) is 4.47. The molecule has 3 rings (SSSR count). The zero-order valence-electron chi connectivity index (χ0n) is 15.4. The lowest BCUT2D eigenvalue weighted by molar-refractivity contribution is -0.140. The highest BCUT2D eigenvalue weighted by Gasteiger charge is 2.46. The number of hydrogen-bond donors (Lipinski definition) is 1. The molecule has 7 nitrogen and oxygen atoms in total. The van der Waals surface area contributed by atoms with Crippen LogP contribution in [0.2, 0.25) is 0 Å². The van der Waals surface area contributed by atoms with Gasteiger partial charge in [-0.3, -0.25) is 19.6 Å². The predicted octanol–water partition coefficient (Wildman–Crippen LogP) is 1.85. The van der Waals surface area contributed by atoms with E-state index in [0.717, 1.165) is 6.54 Å². The molecule has 1 fully saturated rings. The second-order valence-electron chi connectivity index (χ2n) is 6.64. The lowest BCUT2D eigenvalue weighted by Gasteiger charge is -2.25. The lowest BCUT2D eigenvalue weighted by Crippen LogP contribution is -2.32. The minimum absolute atomic E-state index is 0.0646. The third kappa shape index (κ3) is 3.88. The number of amides is 1. The molecule has 3 heterocycles. The summed E-state index contributed by atoms with van der Waals surface area (Å²) in [6.45, 7) is 1.18. The summed E-state index contributed by atoms with van der Waals surface area (Å²) in [5, 5.41) is 10.8. The minimum Gasteiger partial charge on any atom is -0.507 e. The highest BCUT2D eigenvalue weighted by molar-refractivity contribution is 6.46. The number of pyridine rings is 2. The van der Waals surface area contributed by atoms with Gasteiger partial charge in [0.05, 0.1) is 11.3 Å². The van der Waals surface area contributed by atoms with Crippen LogP contribution in [0.3, 0.4) is 0 Å². The van der Waals surface area contributed by atoms with Crippen molar-refractivity contribution < 1.29 is 14.7 Å². The Hall–Kier alpha value is -3.06. The number of likely N-dealkylation sites (tertiary alicyclic amines) is 1. The molecule has 0 saturated carbocycles. The zero-order chi connectivity index (χ0) is 19.4. The second kappa shape index (κ2) is 8.09. The quantitative estimate of drug-likeness (QED) is 0.477. The first-order valence-electron chi connectivity index (χ1n) is 8.75. The average Bonchev–Trinajstić information content (AvgIpc) is 2.93. The summed E-state index contributed by atoms with van der Waals surface area (Å²) in [6.07, 6.45) is 5.37. The molecule has 1 aliphatic heterocycles. The van der Waals surface area contributed by atoms with E-state index in [9.17, 15) is 14.7 Å². The number of aliphatic hydroxyl groups is 1. The average molecular weight is 366 g/mol. The maximum atomic E-state index is 12.7. The monoisotopic (exact) mass is 366 g/mol. The van der Waals surface area contributed by atoms with E-state index in [2.05, 4.69) is 9.97 Å². The first-order valence-corrected chi connectivity index (χ1v) is 8.75. The molecule has 1 unspecified atom stereocenters. The molecule has 1 saturated heterocycles. The number of nitrogens with zero attached hydrogens (tertiary/aromatic N) is 4. The molecule has 0 radical (unpaired) electrons. The van der Waals surface area contributed by atoms with E-state index in [1.165, 1.54) is 17.3 Å². The Morgan fingerprint density at radius 2 is 1.89 bits per heavy atom. The van der Waals surface area contributed by atoms with E-state index in [0.29, 0.717) is 24.2 Å². The summed E-state index contributed by atoms with van der Waals surface area (Å²) in [5.41, 5.74) is 1.06. The smallest absolute Gasteiger partial charge is 0.295 e. The van der Waals surface area contributed by atoms with Gasteiger partial charge >= 0.3 is 0 Å². The summed E-state index contributed by atoms with van der Waals surface area (Å²) in [5.74, 6) is -1.51. The molecule has 2 aromatic rings. The Morgan fingerprint density at radius 3 is 2.52 bits per heavy atom.